The van der Waals surface area contributed by atoms with Gasteiger partial charge in [0.25, 0.3) is 0 Å². The van der Waals surface area contributed by atoms with Crippen LogP contribution in [-0.2, 0) is 17.6 Å². The Bertz CT molecular complexity index is 532. The summed E-state index contributed by atoms with van der Waals surface area (Å²) < 4.78 is 0. The zero-order valence-electron chi connectivity index (χ0n) is 10.3. The summed E-state index contributed by atoms with van der Waals surface area (Å²) in [5.41, 5.74) is 3.21. The zero-order chi connectivity index (χ0) is 13.0. The van der Waals surface area contributed by atoms with Crippen LogP contribution in [0.25, 0.3) is 0 Å². The molecule has 0 bridgehead atoms. The van der Waals surface area contributed by atoms with Crippen molar-refractivity contribution in [3.8, 4) is 0 Å². The molecule has 0 spiro atoms. The molecule has 0 unspecified atom stereocenters. The van der Waals surface area contributed by atoms with Crippen LogP contribution in [0.1, 0.15) is 29.2 Å². The van der Waals surface area contributed by atoms with Gasteiger partial charge >= 0.3 is 5.97 Å². The van der Waals surface area contributed by atoms with E-state index in [1.54, 1.807) is 0 Å². The lowest BCUT2D eigenvalue weighted by molar-refractivity contribution is -0.137. The van der Waals surface area contributed by atoms with E-state index in [1.807, 2.05) is 25.1 Å². The number of carbonyl (C=O) groups is 1. The van der Waals surface area contributed by atoms with Crippen LogP contribution in [0.4, 0.5) is 0 Å². The standard InChI is InChI=1S/C14H16N2O2/c1-10-12(9-11-5-3-2-4-6-11)16-13(15-10)7-8-14(17)18/h2-6H,7-9H2,1H3,(H,15,16)(H,17,18). The normalized spacial score (nSPS) is 10.5. The van der Waals surface area contributed by atoms with Gasteiger partial charge in [0.15, 0.2) is 0 Å². The zero-order valence-corrected chi connectivity index (χ0v) is 10.3. The number of carboxylic acids is 1. The van der Waals surface area contributed by atoms with E-state index in [2.05, 4.69) is 22.1 Å². The van der Waals surface area contributed by atoms with Crippen molar-refractivity contribution in [2.24, 2.45) is 0 Å². The number of rotatable bonds is 5. The Hall–Kier alpha value is -2.10. The molecule has 0 aliphatic heterocycles. The predicted molar refractivity (Wildman–Crippen MR) is 68.5 cm³/mol. The van der Waals surface area contributed by atoms with Gasteiger partial charge in [0.05, 0.1) is 12.1 Å². The Kier molecular flexibility index (Phi) is 3.77. The van der Waals surface area contributed by atoms with Gasteiger partial charge in [0.1, 0.15) is 5.82 Å². The first kappa shape index (κ1) is 12.4. The summed E-state index contributed by atoms with van der Waals surface area (Å²) in [5, 5.41) is 8.64. The number of aromatic nitrogens is 2. The van der Waals surface area contributed by atoms with Gasteiger partial charge in [-0.15, -0.1) is 0 Å². The summed E-state index contributed by atoms with van der Waals surface area (Å²) in [5.74, 6) is -0.0468. The molecule has 2 aromatic rings. The van der Waals surface area contributed by atoms with E-state index in [-0.39, 0.29) is 6.42 Å². The fourth-order valence-electron chi connectivity index (χ4n) is 1.87. The van der Waals surface area contributed by atoms with Crippen molar-refractivity contribution in [3.63, 3.8) is 0 Å². The maximum Gasteiger partial charge on any atom is 0.303 e. The van der Waals surface area contributed by atoms with Crippen LogP contribution in [0.2, 0.25) is 0 Å². The highest BCUT2D eigenvalue weighted by Crippen LogP contribution is 2.12. The maximum absolute atomic E-state index is 10.5. The molecule has 1 heterocycles. The quantitative estimate of drug-likeness (QED) is 0.848. The molecule has 0 amide bonds. The van der Waals surface area contributed by atoms with Crippen LogP contribution in [0.15, 0.2) is 30.3 Å². The first-order valence-corrected chi connectivity index (χ1v) is 5.95. The lowest BCUT2D eigenvalue weighted by atomic mass is 10.1. The third kappa shape index (κ3) is 3.20. The Labute approximate surface area is 106 Å². The average molecular weight is 244 g/mol. The molecule has 0 aliphatic rings. The van der Waals surface area contributed by atoms with Gasteiger partial charge in [0, 0.05) is 18.5 Å². The van der Waals surface area contributed by atoms with Gasteiger partial charge in [-0.3, -0.25) is 4.79 Å². The van der Waals surface area contributed by atoms with E-state index >= 15 is 0 Å². The van der Waals surface area contributed by atoms with E-state index < -0.39 is 5.97 Å². The number of aromatic amines is 1. The van der Waals surface area contributed by atoms with Crippen molar-refractivity contribution in [2.75, 3.05) is 0 Å². The van der Waals surface area contributed by atoms with E-state index in [0.29, 0.717) is 6.42 Å². The Morgan fingerprint density at radius 2 is 2.06 bits per heavy atom. The molecule has 1 aromatic carbocycles. The molecule has 4 heteroatoms. The van der Waals surface area contributed by atoms with Crippen LogP contribution in [0, 0.1) is 6.92 Å². The Morgan fingerprint density at radius 3 is 2.72 bits per heavy atom. The topological polar surface area (TPSA) is 66.0 Å². The van der Waals surface area contributed by atoms with Crippen molar-refractivity contribution < 1.29 is 9.90 Å². The van der Waals surface area contributed by atoms with Gasteiger partial charge in [-0.25, -0.2) is 4.98 Å². The second kappa shape index (κ2) is 5.49. The van der Waals surface area contributed by atoms with Crippen molar-refractivity contribution in [3.05, 3.63) is 53.1 Å². The number of hydrogen-bond acceptors (Lipinski definition) is 2. The fraction of sp³-hybridized carbons (Fsp3) is 0.286. The van der Waals surface area contributed by atoms with Gasteiger partial charge in [-0.1, -0.05) is 30.3 Å². The predicted octanol–water partition coefficient (Wildman–Crippen LogP) is 2.33. The molecular formula is C14H16N2O2. The number of nitrogens with zero attached hydrogens (tertiary/aromatic N) is 1. The molecule has 1 aromatic heterocycles. The monoisotopic (exact) mass is 244 g/mol. The molecule has 2 rings (SSSR count). The fourth-order valence-corrected chi connectivity index (χ4v) is 1.87. The highest BCUT2D eigenvalue weighted by atomic mass is 16.4. The minimum absolute atomic E-state index is 0.109. The first-order chi connectivity index (χ1) is 8.65. The van der Waals surface area contributed by atoms with Crippen LogP contribution < -0.4 is 0 Å². The highest BCUT2D eigenvalue weighted by molar-refractivity contribution is 5.66. The Balaban J connectivity index is 2.07. The second-order valence-electron chi connectivity index (χ2n) is 4.31. The first-order valence-electron chi connectivity index (χ1n) is 5.95. The minimum atomic E-state index is -0.798. The summed E-state index contributed by atoms with van der Waals surface area (Å²) in [7, 11) is 0. The lowest BCUT2D eigenvalue weighted by Crippen LogP contribution is -1.99. The van der Waals surface area contributed by atoms with E-state index in [4.69, 9.17) is 5.11 Å². The molecule has 2 N–H and O–H groups in total. The highest BCUT2D eigenvalue weighted by Gasteiger charge is 2.08. The minimum Gasteiger partial charge on any atom is -0.481 e. The molecule has 0 radical (unpaired) electrons. The summed E-state index contributed by atoms with van der Waals surface area (Å²) >= 11 is 0. The van der Waals surface area contributed by atoms with Gasteiger partial charge in [-0.2, -0.15) is 0 Å². The maximum atomic E-state index is 10.5. The van der Waals surface area contributed by atoms with Gasteiger partial charge in [0.2, 0.25) is 0 Å². The van der Waals surface area contributed by atoms with Crippen LogP contribution in [-0.4, -0.2) is 21.0 Å². The molecule has 4 nitrogen and oxygen atoms in total. The van der Waals surface area contributed by atoms with Crippen LogP contribution >= 0.6 is 0 Å². The van der Waals surface area contributed by atoms with E-state index in [9.17, 15) is 4.79 Å². The molecule has 0 saturated heterocycles. The summed E-state index contributed by atoms with van der Waals surface area (Å²) in [6, 6.07) is 10.1. The molecule has 94 valence electrons. The van der Waals surface area contributed by atoms with Crippen molar-refractivity contribution in [1.82, 2.24) is 9.97 Å². The molecule has 0 saturated carbocycles. The number of hydrogen-bond donors (Lipinski definition) is 2. The largest absolute Gasteiger partial charge is 0.481 e. The van der Waals surface area contributed by atoms with E-state index in [1.165, 1.54) is 5.56 Å². The van der Waals surface area contributed by atoms with Gasteiger partial charge in [-0.05, 0) is 12.5 Å². The number of benzene rings is 1. The number of imidazole rings is 1. The van der Waals surface area contributed by atoms with Crippen LogP contribution in [0.3, 0.4) is 0 Å². The van der Waals surface area contributed by atoms with Crippen molar-refractivity contribution in [1.29, 1.82) is 0 Å². The number of nitrogens with one attached hydrogen (secondary N) is 1. The smallest absolute Gasteiger partial charge is 0.303 e. The van der Waals surface area contributed by atoms with Gasteiger partial charge < -0.3 is 10.1 Å². The van der Waals surface area contributed by atoms with E-state index in [0.717, 1.165) is 23.6 Å². The summed E-state index contributed by atoms with van der Waals surface area (Å²) in [6.07, 6.45) is 1.33. The van der Waals surface area contributed by atoms with Crippen molar-refractivity contribution >= 4 is 5.97 Å². The third-order valence-electron chi connectivity index (χ3n) is 2.82. The number of carboxylic acid groups (broad SMARTS) is 1. The average Bonchev–Trinajstić information content (AvgIpc) is 2.69. The second-order valence-corrected chi connectivity index (χ2v) is 4.31. The van der Waals surface area contributed by atoms with Crippen LogP contribution in [0.5, 0.6) is 0 Å². The molecule has 18 heavy (non-hydrogen) atoms. The lowest BCUT2D eigenvalue weighted by Gasteiger charge is -1.98. The Morgan fingerprint density at radius 1 is 1.33 bits per heavy atom. The molecule has 0 fully saturated rings. The number of aryl methyl sites for hydroxylation is 2. The SMILES string of the molecule is Cc1[nH]c(CCC(=O)O)nc1Cc1ccccc1. The van der Waals surface area contributed by atoms with Crippen molar-refractivity contribution in [2.45, 2.75) is 26.2 Å². The summed E-state index contributed by atoms with van der Waals surface area (Å²) in [4.78, 5) is 18.1. The number of aliphatic carboxylic acids is 1. The molecule has 0 atom stereocenters. The summed E-state index contributed by atoms with van der Waals surface area (Å²) in [6.45, 7) is 1.97. The number of H-pyrrole nitrogens is 1. The third-order valence-corrected chi connectivity index (χ3v) is 2.82. The molecule has 0 aliphatic carbocycles. The molecular weight excluding hydrogens is 228 g/mol.